The van der Waals surface area contributed by atoms with Crippen LogP contribution in [0.5, 0.6) is 0 Å². The molecule has 0 unspecified atom stereocenters. The summed E-state index contributed by atoms with van der Waals surface area (Å²) >= 11 is 0. The number of rotatable bonds is 17. The number of hydrogen-bond acceptors (Lipinski definition) is 2. The van der Waals surface area contributed by atoms with Crippen LogP contribution in [0.25, 0.3) is 0 Å². The molecule has 0 spiro atoms. The predicted molar refractivity (Wildman–Crippen MR) is 141 cm³/mol. The van der Waals surface area contributed by atoms with Gasteiger partial charge in [-0.05, 0) is 60.0 Å². The van der Waals surface area contributed by atoms with Gasteiger partial charge in [0, 0.05) is 13.1 Å². The predicted octanol–water partition coefficient (Wildman–Crippen LogP) is 7.93. The Morgan fingerprint density at radius 1 is 0.469 bits per heavy atom. The van der Waals surface area contributed by atoms with Crippen LogP contribution in [-0.4, -0.2) is 13.1 Å². The molecule has 0 fully saturated rings. The summed E-state index contributed by atoms with van der Waals surface area (Å²) in [5.74, 6) is 1.23. The maximum absolute atomic E-state index is 3.59. The van der Waals surface area contributed by atoms with Gasteiger partial charge in [0.1, 0.15) is 0 Å². The average Bonchev–Trinajstić information content (AvgIpc) is 2.80. The second kappa shape index (κ2) is 16.0. The molecule has 0 atom stereocenters. The molecule has 0 bridgehead atoms. The molecule has 0 aliphatic carbocycles. The number of nitrogens with one attached hydrogen (secondary N) is 2. The van der Waals surface area contributed by atoms with Gasteiger partial charge in [-0.2, -0.15) is 0 Å². The van der Waals surface area contributed by atoms with Crippen LogP contribution in [0.4, 0.5) is 0 Å². The van der Waals surface area contributed by atoms with Crippen molar-refractivity contribution in [3.8, 4) is 0 Å². The van der Waals surface area contributed by atoms with Gasteiger partial charge in [-0.1, -0.05) is 115 Å². The fourth-order valence-corrected chi connectivity index (χ4v) is 4.07. The van der Waals surface area contributed by atoms with Crippen molar-refractivity contribution in [2.75, 3.05) is 13.1 Å². The molecule has 2 nitrogen and oxygen atoms in total. The zero-order valence-electron chi connectivity index (χ0n) is 21.3. The lowest BCUT2D eigenvalue weighted by Crippen LogP contribution is -2.14. The molecule has 2 heteroatoms. The molecule has 2 aromatic carbocycles. The summed E-state index contributed by atoms with van der Waals surface area (Å²) in [5.41, 5.74) is 5.65. The molecule has 0 heterocycles. The van der Waals surface area contributed by atoms with E-state index in [1.165, 1.54) is 73.6 Å². The van der Waals surface area contributed by atoms with Gasteiger partial charge >= 0.3 is 0 Å². The van der Waals surface area contributed by atoms with Crippen LogP contribution in [0.15, 0.2) is 48.5 Å². The van der Waals surface area contributed by atoms with Crippen molar-refractivity contribution in [1.29, 1.82) is 0 Å². The fraction of sp³-hybridized carbons (Fsp3) is 0.600. The van der Waals surface area contributed by atoms with Gasteiger partial charge in [-0.3, -0.25) is 0 Å². The smallest absolute Gasteiger partial charge is 0.0205 e. The van der Waals surface area contributed by atoms with Crippen molar-refractivity contribution in [3.63, 3.8) is 0 Å². The molecule has 2 N–H and O–H groups in total. The third kappa shape index (κ3) is 11.3. The first-order chi connectivity index (χ1) is 15.6. The highest BCUT2D eigenvalue weighted by Crippen LogP contribution is 2.15. The molecule has 0 radical (unpaired) electrons. The fourth-order valence-electron chi connectivity index (χ4n) is 4.07. The van der Waals surface area contributed by atoms with Gasteiger partial charge in [0.05, 0.1) is 0 Å². The first kappa shape index (κ1) is 26.6. The first-order valence-corrected chi connectivity index (χ1v) is 13.2. The lowest BCUT2D eigenvalue weighted by molar-refractivity contribution is 0.540. The molecule has 0 aromatic heterocycles. The molecule has 2 rings (SSSR count). The molecule has 0 saturated heterocycles. The topological polar surface area (TPSA) is 24.1 Å². The second-order valence-electron chi connectivity index (χ2n) is 9.97. The van der Waals surface area contributed by atoms with Crippen molar-refractivity contribution in [3.05, 3.63) is 70.8 Å². The summed E-state index contributed by atoms with van der Waals surface area (Å²) in [4.78, 5) is 0. The first-order valence-electron chi connectivity index (χ1n) is 13.2. The molecular formula is C30H48N2. The molecule has 32 heavy (non-hydrogen) atoms. The zero-order valence-corrected chi connectivity index (χ0v) is 21.3. The Morgan fingerprint density at radius 3 is 1.09 bits per heavy atom. The molecule has 178 valence electrons. The lowest BCUT2D eigenvalue weighted by atomic mass is 10.0. The van der Waals surface area contributed by atoms with Crippen LogP contribution < -0.4 is 10.6 Å². The van der Waals surface area contributed by atoms with E-state index in [1.807, 2.05) is 0 Å². The van der Waals surface area contributed by atoms with Gasteiger partial charge in [0.2, 0.25) is 0 Å². The summed E-state index contributed by atoms with van der Waals surface area (Å²) in [6, 6.07) is 18.1. The summed E-state index contributed by atoms with van der Waals surface area (Å²) in [5, 5.41) is 7.19. The lowest BCUT2D eigenvalue weighted by Gasteiger charge is -2.08. The van der Waals surface area contributed by atoms with E-state index in [0.29, 0.717) is 11.8 Å². The highest BCUT2D eigenvalue weighted by Gasteiger charge is 2.00. The van der Waals surface area contributed by atoms with E-state index >= 15 is 0 Å². The highest BCUT2D eigenvalue weighted by molar-refractivity contribution is 5.25. The quantitative estimate of drug-likeness (QED) is 0.246. The normalized spacial score (nSPS) is 11.6. The monoisotopic (exact) mass is 436 g/mol. The Hall–Kier alpha value is -1.64. The van der Waals surface area contributed by atoms with Gasteiger partial charge < -0.3 is 10.6 Å². The van der Waals surface area contributed by atoms with E-state index in [2.05, 4.69) is 86.9 Å². The average molecular weight is 437 g/mol. The van der Waals surface area contributed by atoms with Crippen molar-refractivity contribution in [1.82, 2.24) is 10.6 Å². The Morgan fingerprint density at radius 2 is 0.781 bits per heavy atom. The van der Waals surface area contributed by atoms with E-state index in [9.17, 15) is 0 Å². The summed E-state index contributed by atoms with van der Waals surface area (Å²) in [6.45, 7) is 13.3. The highest BCUT2D eigenvalue weighted by atomic mass is 14.8. The van der Waals surface area contributed by atoms with Crippen LogP contribution >= 0.6 is 0 Å². The van der Waals surface area contributed by atoms with E-state index in [0.717, 1.165) is 26.2 Å². The SMILES string of the molecule is CC(C)c1ccc(CNCCCCCCCCCCNCc2ccc(C(C)C)cc2)cc1. The molecule has 0 aliphatic rings. The van der Waals surface area contributed by atoms with Crippen LogP contribution in [-0.2, 0) is 13.1 Å². The second-order valence-corrected chi connectivity index (χ2v) is 9.97. The summed E-state index contributed by atoms with van der Waals surface area (Å²) in [6.07, 6.45) is 10.9. The van der Waals surface area contributed by atoms with Crippen LogP contribution in [0.2, 0.25) is 0 Å². The minimum atomic E-state index is 0.617. The number of benzene rings is 2. The van der Waals surface area contributed by atoms with Gasteiger partial charge in [0.15, 0.2) is 0 Å². The van der Waals surface area contributed by atoms with Gasteiger partial charge in [-0.25, -0.2) is 0 Å². The van der Waals surface area contributed by atoms with E-state index < -0.39 is 0 Å². The molecule has 2 aromatic rings. The minimum absolute atomic E-state index is 0.617. The molecule has 0 amide bonds. The Bertz CT molecular complexity index is 637. The van der Waals surface area contributed by atoms with Crippen molar-refractivity contribution in [2.45, 2.75) is 104 Å². The largest absolute Gasteiger partial charge is 0.313 e. The number of unbranched alkanes of at least 4 members (excludes halogenated alkanes) is 7. The van der Waals surface area contributed by atoms with Crippen LogP contribution in [0, 0.1) is 0 Å². The zero-order chi connectivity index (χ0) is 23.0. The number of hydrogen-bond donors (Lipinski definition) is 2. The molecule has 0 aliphatic heterocycles. The minimum Gasteiger partial charge on any atom is -0.313 e. The third-order valence-electron chi connectivity index (χ3n) is 6.41. The van der Waals surface area contributed by atoms with Crippen molar-refractivity contribution >= 4 is 0 Å². The summed E-state index contributed by atoms with van der Waals surface area (Å²) < 4.78 is 0. The Labute approximate surface area is 198 Å². The summed E-state index contributed by atoms with van der Waals surface area (Å²) in [7, 11) is 0. The maximum Gasteiger partial charge on any atom is 0.0205 e. The third-order valence-corrected chi connectivity index (χ3v) is 6.41. The van der Waals surface area contributed by atoms with Crippen molar-refractivity contribution < 1.29 is 0 Å². The van der Waals surface area contributed by atoms with E-state index in [1.54, 1.807) is 0 Å². The molecule has 0 saturated carbocycles. The van der Waals surface area contributed by atoms with Crippen LogP contribution in [0.3, 0.4) is 0 Å². The Kier molecular flexibility index (Phi) is 13.3. The van der Waals surface area contributed by atoms with E-state index in [-0.39, 0.29) is 0 Å². The van der Waals surface area contributed by atoms with Crippen molar-refractivity contribution in [2.24, 2.45) is 0 Å². The van der Waals surface area contributed by atoms with Gasteiger partial charge in [0.25, 0.3) is 0 Å². The maximum atomic E-state index is 3.59. The van der Waals surface area contributed by atoms with Crippen LogP contribution in [0.1, 0.15) is 113 Å². The molecular weight excluding hydrogens is 388 g/mol. The standard InChI is InChI=1S/C30H48N2/c1-25(2)29-17-13-27(14-18-29)23-31-21-11-9-7-5-6-8-10-12-22-32-24-28-15-19-30(20-16-28)26(3)4/h13-20,25-26,31-32H,5-12,21-24H2,1-4H3. The Balaban J connectivity index is 1.34. The van der Waals surface area contributed by atoms with E-state index in [4.69, 9.17) is 0 Å². The van der Waals surface area contributed by atoms with Gasteiger partial charge in [-0.15, -0.1) is 0 Å².